The summed E-state index contributed by atoms with van der Waals surface area (Å²) in [6.45, 7) is 4.84. The number of rotatable bonds is 11. The second kappa shape index (κ2) is 15.0. The number of esters is 1. The molecule has 1 unspecified atom stereocenters. The standard InChI is InChI=1S/C34H39N3O5.ClH/c1-2-3-20-37-32(39)30(23-31(38)41-25-27-10-6-4-7-11-27)35-33(40)34(37)18-21-36(22-19-34)24-26-14-16-29(17-15-26)42-28-12-8-5-9-13-28;/h4-17,30H,2-3,18-25H2,1H3,(H,35,40);1H. The SMILES string of the molecule is CCCCN1C(=O)C(CC(=O)OCc2ccccc2)NC(=O)C12CCN(Cc1ccc(Oc3ccccc3)cc1)CC2.Cl. The van der Waals surface area contributed by atoms with Gasteiger partial charge in [-0.15, -0.1) is 12.4 Å². The number of nitrogens with zero attached hydrogens (tertiary/aromatic N) is 2. The maximum absolute atomic E-state index is 13.7. The molecule has 0 radical (unpaired) electrons. The van der Waals surface area contributed by atoms with Crippen LogP contribution in [0.2, 0.25) is 0 Å². The van der Waals surface area contributed by atoms with Gasteiger partial charge in [-0.3, -0.25) is 19.3 Å². The average Bonchev–Trinajstić information content (AvgIpc) is 3.02. The lowest BCUT2D eigenvalue weighted by molar-refractivity contribution is -0.164. The fourth-order valence-electron chi connectivity index (χ4n) is 5.74. The van der Waals surface area contributed by atoms with Crippen molar-refractivity contribution in [2.75, 3.05) is 19.6 Å². The second-order valence-corrected chi connectivity index (χ2v) is 11.1. The molecule has 8 nitrogen and oxygen atoms in total. The van der Waals surface area contributed by atoms with Gasteiger partial charge in [0.05, 0.1) is 6.42 Å². The molecule has 3 aromatic carbocycles. The van der Waals surface area contributed by atoms with Crippen LogP contribution < -0.4 is 10.1 Å². The summed E-state index contributed by atoms with van der Waals surface area (Å²) in [6.07, 6.45) is 2.63. The summed E-state index contributed by atoms with van der Waals surface area (Å²) in [5.74, 6) is 0.720. The Morgan fingerprint density at radius 2 is 1.51 bits per heavy atom. The van der Waals surface area contributed by atoms with Crippen molar-refractivity contribution in [2.24, 2.45) is 0 Å². The molecule has 228 valence electrons. The Labute approximate surface area is 259 Å². The van der Waals surface area contributed by atoms with Crippen molar-refractivity contribution in [1.82, 2.24) is 15.1 Å². The Kier molecular flexibility index (Phi) is 11.2. The topological polar surface area (TPSA) is 88.2 Å². The molecule has 1 spiro atoms. The second-order valence-electron chi connectivity index (χ2n) is 11.1. The van der Waals surface area contributed by atoms with Gasteiger partial charge < -0.3 is 19.7 Å². The molecule has 2 aliphatic heterocycles. The summed E-state index contributed by atoms with van der Waals surface area (Å²) < 4.78 is 11.3. The van der Waals surface area contributed by atoms with Crippen molar-refractivity contribution in [2.45, 2.75) is 63.8 Å². The first-order chi connectivity index (χ1) is 20.5. The van der Waals surface area contributed by atoms with Crippen LogP contribution in [0, 0.1) is 0 Å². The number of ether oxygens (including phenoxy) is 2. The third kappa shape index (κ3) is 7.94. The van der Waals surface area contributed by atoms with Crippen LogP contribution in [0.5, 0.6) is 11.5 Å². The van der Waals surface area contributed by atoms with Gasteiger partial charge >= 0.3 is 5.97 Å². The third-order valence-electron chi connectivity index (χ3n) is 8.15. The van der Waals surface area contributed by atoms with E-state index in [2.05, 4.69) is 29.3 Å². The number of amides is 2. The van der Waals surface area contributed by atoms with E-state index in [-0.39, 0.29) is 37.2 Å². The van der Waals surface area contributed by atoms with E-state index in [9.17, 15) is 14.4 Å². The molecule has 2 amide bonds. The Hall–Kier alpha value is -3.88. The van der Waals surface area contributed by atoms with Crippen LogP contribution in [-0.2, 0) is 32.3 Å². The normalized spacial score (nSPS) is 18.1. The molecule has 3 aromatic rings. The van der Waals surface area contributed by atoms with E-state index in [1.165, 1.54) is 0 Å². The van der Waals surface area contributed by atoms with Crippen molar-refractivity contribution < 1.29 is 23.9 Å². The molecule has 43 heavy (non-hydrogen) atoms. The van der Waals surface area contributed by atoms with Gasteiger partial charge in [0.15, 0.2) is 0 Å². The van der Waals surface area contributed by atoms with Crippen LogP contribution in [0.4, 0.5) is 0 Å². The summed E-state index contributed by atoms with van der Waals surface area (Å²) in [7, 11) is 0. The number of piperidine rings is 1. The number of piperazine rings is 1. The van der Waals surface area contributed by atoms with Crippen molar-refractivity contribution in [3.8, 4) is 11.5 Å². The lowest BCUT2D eigenvalue weighted by Gasteiger charge is -2.51. The number of hydrogen-bond acceptors (Lipinski definition) is 6. The van der Waals surface area contributed by atoms with Gasteiger partial charge in [0.25, 0.3) is 0 Å². The molecule has 0 bridgehead atoms. The highest BCUT2D eigenvalue weighted by molar-refractivity contribution is 6.01. The fourth-order valence-corrected chi connectivity index (χ4v) is 5.74. The predicted molar refractivity (Wildman–Crippen MR) is 167 cm³/mol. The minimum absolute atomic E-state index is 0. The molecule has 1 atom stereocenters. The Balaban J connectivity index is 0.00000423. The number of carbonyl (C=O) groups is 3. The summed E-state index contributed by atoms with van der Waals surface area (Å²) in [5.41, 5.74) is 1.14. The lowest BCUT2D eigenvalue weighted by Crippen LogP contribution is -2.73. The summed E-state index contributed by atoms with van der Waals surface area (Å²) in [6, 6.07) is 26.2. The van der Waals surface area contributed by atoms with Crippen molar-refractivity contribution in [3.05, 3.63) is 96.1 Å². The van der Waals surface area contributed by atoms with E-state index in [1.54, 1.807) is 4.90 Å². The molecule has 0 aliphatic carbocycles. The van der Waals surface area contributed by atoms with Gasteiger partial charge in [0, 0.05) is 26.2 Å². The first kappa shape index (κ1) is 32.0. The number of unbranched alkanes of at least 4 members (excludes halogenated alkanes) is 1. The molecule has 2 heterocycles. The van der Waals surface area contributed by atoms with E-state index in [0.717, 1.165) is 42.0 Å². The molecule has 5 rings (SSSR count). The smallest absolute Gasteiger partial charge is 0.308 e. The number of nitrogens with one attached hydrogen (secondary N) is 1. The first-order valence-electron chi connectivity index (χ1n) is 14.8. The highest BCUT2D eigenvalue weighted by atomic mass is 35.5. The van der Waals surface area contributed by atoms with Crippen molar-refractivity contribution in [3.63, 3.8) is 0 Å². The number of hydrogen-bond donors (Lipinski definition) is 1. The quantitative estimate of drug-likeness (QED) is 0.291. The van der Waals surface area contributed by atoms with E-state index in [4.69, 9.17) is 9.47 Å². The summed E-state index contributed by atoms with van der Waals surface area (Å²) in [5, 5.41) is 2.89. The molecule has 2 aliphatic rings. The summed E-state index contributed by atoms with van der Waals surface area (Å²) >= 11 is 0. The number of halogens is 1. The van der Waals surface area contributed by atoms with E-state index in [1.807, 2.05) is 72.8 Å². The number of benzene rings is 3. The van der Waals surface area contributed by atoms with Crippen LogP contribution >= 0.6 is 12.4 Å². The highest BCUT2D eigenvalue weighted by Gasteiger charge is 2.53. The molecular weight excluding hydrogens is 566 g/mol. The largest absolute Gasteiger partial charge is 0.461 e. The molecule has 9 heteroatoms. The van der Waals surface area contributed by atoms with Crippen LogP contribution in [0.3, 0.4) is 0 Å². The number of carbonyl (C=O) groups excluding carboxylic acids is 3. The number of likely N-dealkylation sites (tertiary alicyclic amines) is 1. The van der Waals surface area contributed by atoms with Gasteiger partial charge in [-0.2, -0.15) is 0 Å². The van der Waals surface area contributed by atoms with Gasteiger partial charge in [-0.25, -0.2) is 0 Å². The summed E-state index contributed by atoms with van der Waals surface area (Å²) in [4.78, 5) is 44.0. The molecule has 0 saturated carbocycles. The molecule has 2 fully saturated rings. The first-order valence-corrected chi connectivity index (χ1v) is 14.8. The molecule has 2 saturated heterocycles. The Morgan fingerprint density at radius 1 is 0.884 bits per heavy atom. The predicted octanol–water partition coefficient (Wildman–Crippen LogP) is 5.50. The van der Waals surface area contributed by atoms with Gasteiger partial charge in [0.1, 0.15) is 29.7 Å². The Morgan fingerprint density at radius 3 is 2.16 bits per heavy atom. The van der Waals surface area contributed by atoms with Crippen molar-refractivity contribution in [1.29, 1.82) is 0 Å². The monoisotopic (exact) mass is 605 g/mol. The minimum Gasteiger partial charge on any atom is -0.461 e. The van der Waals surface area contributed by atoms with Crippen LogP contribution in [-0.4, -0.2) is 58.8 Å². The average molecular weight is 606 g/mol. The highest BCUT2D eigenvalue weighted by Crippen LogP contribution is 2.34. The third-order valence-corrected chi connectivity index (χ3v) is 8.15. The molecular formula is C34H40ClN3O5. The van der Waals surface area contributed by atoms with E-state index >= 15 is 0 Å². The minimum atomic E-state index is -0.905. The number of para-hydroxylation sites is 1. The Bertz CT molecular complexity index is 1350. The zero-order valence-electron chi connectivity index (χ0n) is 24.6. The van der Waals surface area contributed by atoms with Crippen LogP contribution in [0.1, 0.15) is 50.2 Å². The van der Waals surface area contributed by atoms with Crippen LogP contribution in [0.25, 0.3) is 0 Å². The fraction of sp³-hybridized carbons (Fsp3) is 0.382. The van der Waals surface area contributed by atoms with Gasteiger partial charge in [-0.1, -0.05) is 74.0 Å². The van der Waals surface area contributed by atoms with Crippen LogP contribution in [0.15, 0.2) is 84.9 Å². The molecule has 0 aromatic heterocycles. The van der Waals surface area contributed by atoms with Crippen molar-refractivity contribution >= 4 is 30.2 Å². The molecule has 1 N–H and O–H groups in total. The van der Waals surface area contributed by atoms with Gasteiger partial charge in [0.2, 0.25) is 11.8 Å². The van der Waals surface area contributed by atoms with E-state index in [0.29, 0.717) is 32.5 Å². The zero-order valence-corrected chi connectivity index (χ0v) is 25.4. The zero-order chi connectivity index (χ0) is 29.4. The lowest BCUT2D eigenvalue weighted by atomic mass is 9.81. The maximum atomic E-state index is 13.7. The maximum Gasteiger partial charge on any atom is 0.308 e. The van der Waals surface area contributed by atoms with Gasteiger partial charge in [-0.05, 0) is 54.7 Å². The van der Waals surface area contributed by atoms with E-state index < -0.39 is 17.6 Å².